The molecule has 1 fully saturated rings. The molecule has 1 aromatic carbocycles. The quantitative estimate of drug-likeness (QED) is 0.757. The summed E-state index contributed by atoms with van der Waals surface area (Å²) in [5.41, 5.74) is 12.2. The zero-order valence-corrected chi connectivity index (χ0v) is 11.7. The number of hydrogen-bond donors (Lipinski definition) is 3. The number of rotatable bonds is 4. The molecule has 1 aromatic rings. The molecule has 0 amide bonds. The lowest BCUT2D eigenvalue weighted by Gasteiger charge is -2.26. The summed E-state index contributed by atoms with van der Waals surface area (Å²) in [6, 6.07) is 6.89. The van der Waals surface area contributed by atoms with Gasteiger partial charge in [0.25, 0.3) is 0 Å². The number of benzene rings is 1. The van der Waals surface area contributed by atoms with Gasteiger partial charge < -0.3 is 11.5 Å². The standard InChI is InChI=1S/C13H21N3O2S/c14-9-10-1-7-13(8-2-10)19(17,18)16-12-5-3-11(15)4-6-12/h1-2,7-8,11-12,16H,3-6,9,14-15H2. The summed E-state index contributed by atoms with van der Waals surface area (Å²) in [6.45, 7) is 0.411. The topological polar surface area (TPSA) is 98.2 Å². The molecule has 6 heteroatoms. The Morgan fingerprint density at radius 3 is 2.21 bits per heavy atom. The van der Waals surface area contributed by atoms with E-state index in [0.29, 0.717) is 11.4 Å². The molecule has 0 bridgehead atoms. The van der Waals surface area contributed by atoms with Crippen molar-refractivity contribution in [2.24, 2.45) is 11.5 Å². The first kappa shape index (κ1) is 14.5. The molecule has 19 heavy (non-hydrogen) atoms. The van der Waals surface area contributed by atoms with Crippen LogP contribution in [0, 0.1) is 0 Å². The van der Waals surface area contributed by atoms with Crippen molar-refractivity contribution in [1.82, 2.24) is 4.72 Å². The summed E-state index contributed by atoms with van der Waals surface area (Å²) in [5, 5.41) is 0. The van der Waals surface area contributed by atoms with E-state index in [1.165, 1.54) is 0 Å². The van der Waals surface area contributed by atoms with Crippen molar-refractivity contribution >= 4 is 10.0 Å². The Hall–Kier alpha value is -0.950. The Morgan fingerprint density at radius 2 is 1.68 bits per heavy atom. The van der Waals surface area contributed by atoms with Crippen LogP contribution in [0.1, 0.15) is 31.2 Å². The van der Waals surface area contributed by atoms with Crippen LogP contribution in [0.15, 0.2) is 29.2 Å². The highest BCUT2D eigenvalue weighted by molar-refractivity contribution is 7.89. The fraction of sp³-hybridized carbons (Fsp3) is 0.538. The SMILES string of the molecule is NCc1ccc(S(=O)(=O)NC2CCC(N)CC2)cc1. The van der Waals surface area contributed by atoms with Crippen LogP contribution in [-0.4, -0.2) is 20.5 Å². The van der Waals surface area contributed by atoms with Crippen LogP contribution in [0.3, 0.4) is 0 Å². The fourth-order valence-electron chi connectivity index (χ4n) is 2.33. The van der Waals surface area contributed by atoms with E-state index in [4.69, 9.17) is 11.5 Å². The van der Waals surface area contributed by atoms with Gasteiger partial charge in [0, 0.05) is 18.6 Å². The monoisotopic (exact) mass is 283 g/mol. The lowest BCUT2D eigenvalue weighted by atomic mass is 9.93. The van der Waals surface area contributed by atoms with Crippen molar-refractivity contribution in [1.29, 1.82) is 0 Å². The van der Waals surface area contributed by atoms with Crippen molar-refractivity contribution in [3.63, 3.8) is 0 Å². The molecular weight excluding hydrogens is 262 g/mol. The van der Waals surface area contributed by atoms with E-state index in [2.05, 4.69) is 4.72 Å². The lowest BCUT2D eigenvalue weighted by molar-refractivity contribution is 0.373. The van der Waals surface area contributed by atoms with E-state index in [9.17, 15) is 8.42 Å². The second-order valence-electron chi connectivity index (χ2n) is 5.08. The minimum absolute atomic E-state index is 0.000940. The molecule has 0 atom stereocenters. The predicted octanol–water partition coefficient (Wildman–Crippen LogP) is 0.693. The molecule has 106 valence electrons. The van der Waals surface area contributed by atoms with E-state index in [1.54, 1.807) is 24.3 Å². The van der Waals surface area contributed by atoms with Crippen molar-refractivity contribution < 1.29 is 8.42 Å². The van der Waals surface area contributed by atoms with Crippen molar-refractivity contribution in [3.8, 4) is 0 Å². The zero-order chi connectivity index (χ0) is 13.9. The van der Waals surface area contributed by atoms with Crippen LogP contribution in [0.5, 0.6) is 0 Å². The van der Waals surface area contributed by atoms with Gasteiger partial charge in [-0.1, -0.05) is 12.1 Å². The third kappa shape index (κ3) is 3.76. The summed E-state index contributed by atoms with van der Waals surface area (Å²) in [7, 11) is -3.43. The molecule has 0 aromatic heterocycles. The summed E-state index contributed by atoms with van der Waals surface area (Å²) >= 11 is 0. The average molecular weight is 283 g/mol. The van der Waals surface area contributed by atoms with Crippen molar-refractivity contribution in [3.05, 3.63) is 29.8 Å². The normalized spacial score (nSPS) is 24.3. The second-order valence-corrected chi connectivity index (χ2v) is 6.80. The van der Waals surface area contributed by atoms with Gasteiger partial charge in [-0.05, 0) is 43.4 Å². The van der Waals surface area contributed by atoms with Gasteiger partial charge in [0.2, 0.25) is 10.0 Å². The van der Waals surface area contributed by atoms with Gasteiger partial charge in [-0.2, -0.15) is 0 Å². The van der Waals surface area contributed by atoms with Crippen molar-refractivity contribution in [2.75, 3.05) is 0 Å². The number of hydrogen-bond acceptors (Lipinski definition) is 4. The van der Waals surface area contributed by atoms with E-state index >= 15 is 0 Å². The molecule has 1 aliphatic rings. The van der Waals surface area contributed by atoms with Gasteiger partial charge in [-0.15, -0.1) is 0 Å². The molecule has 0 heterocycles. The Labute approximate surface area is 114 Å². The lowest BCUT2D eigenvalue weighted by Crippen LogP contribution is -2.40. The zero-order valence-electron chi connectivity index (χ0n) is 10.9. The Balaban J connectivity index is 2.05. The van der Waals surface area contributed by atoms with E-state index < -0.39 is 10.0 Å². The summed E-state index contributed by atoms with van der Waals surface area (Å²) in [4.78, 5) is 0.291. The van der Waals surface area contributed by atoms with Gasteiger partial charge in [-0.25, -0.2) is 13.1 Å². The fourth-order valence-corrected chi connectivity index (χ4v) is 3.63. The van der Waals surface area contributed by atoms with Crippen LogP contribution < -0.4 is 16.2 Å². The molecule has 2 rings (SSSR count). The summed E-state index contributed by atoms with van der Waals surface area (Å²) in [5.74, 6) is 0. The highest BCUT2D eigenvalue weighted by Gasteiger charge is 2.24. The van der Waals surface area contributed by atoms with Gasteiger partial charge in [0.15, 0.2) is 0 Å². The van der Waals surface area contributed by atoms with Gasteiger partial charge in [-0.3, -0.25) is 0 Å². The molecule has 5 N–H and O–H groups in total. The molecule has 5 nitrogen and oxygen atoms in total. The van der Waals surface area contributed by atoms with Gasteiger partial charge in [0.1, 0.15) is 0 Å². The maximum atomic E-state index is 12.2. The minimum Gasteiger partial charge on any atom is -0.328 e. The maximum Gasteiger partial charge on any atom is 0.240 e. The number of nitrogens with two attached hydrogens (primary N) is 2. The van der Waals surface area contributed by atoms with Crippen molar-refractivity contribution in [2.45, 2.75) is 49.2 Å². The first-order valence-corrected chi connectivity index (χ1v) is 8.06. The predicted molar refractivity (Wildman–Crippen MR) is 74.9 cm³/mol. The smallest absolute Gasteiger partial charge is 0.240 e. The highest BCUT2D eigenvalue weighted by atomic mass is 32.2. The van der Waals surface area contributed by atoms with Crippen LogP contribution in [0.2, 0.25) is 0 Å². The molecule has 0 radical (unpaired) electrons. The molecule has 0 spiro atoms. The number of sulfonamides is 1. The van der Waals surface area contributed by atoms with E-state index in [0.717, 1.165) is 31.2 Å². The Morgan fingerprint density at radius 1 is 1.11 bits per heavy atom. The third-order valence-electron chi connectivity index (χ3n) is 3.56. The largest absolute Gasteiger partial charge is 0.328 e. The Bertz CT molecular complexity index is 505. The first-order valence-electron chi connectivity index (χ1n) is 6.58. The van der Waals surface area contributed by atoms with E-state index in [-0.39, 0.29) is 12.1 Å². The van der Waals surface area contributed by atoms with Crippen LogP contribution >= 0.6 is 0 Å². The summed E-state index contributed by atoms with van der Waals surface area (Å²) in [6.07, 6.45) is 3.36. The van der Waals surface area contributed by atoms with Crippen LogP contribution in [0.4, 0.5) is 0 Å². The second kappa shape index (κ2) is 6.00. The van der Waals surface area contributed by atoms with Gasteiger partial charge >= 0.3 is 0 Å². The molecule has 0 unspecified atom stereocenters. The minimum atomic E-state index is -3.43. The molecule has 0 saturated heterocycles. The van der Waals surface area contributed by atoms with Crippen LogP contribution in [0.25, 0.3) is 0 Å². The Kier molecular flexibility index (Phi) is 4.57. The third-order valence-corrected chi connectivity index (χ3v) is 5.10. The number of nitrogens with one attached hydrogen (secondary N) is 1. The van der Waals surface area contributed by atoms with E-state index in [1.807, 2.05) is 0 Å². The van der Waals surface area contributed by atoms with Crippen LogP contribution in [-0.2, 0) is 16.6 Å². The average Bonchev–Trinajstić information content (AvgIpc) is 2.41. The molecular formula is C13H21N3O2S. The molecule has 0 aliphatic heterocycles. The molecule has 1 aliphatic carbocycles. The highest BCUT2D eigenvalue weighted by Crippen LogP contribution is 2.19. The maximum absolute atomic E-state index is 12.2. The summed E-state index contributed by atoms with van der Waals surface area (Å²) < 4.78 is 27.2. The first-order chi connectivity index (χ1) is 9.01. The van der Waals surface area contributed by atoms with Gasteiger partial charge in [0.05, 0.1) is 4.90 Å². The molecule has 1 saturated carbocycles.